The van der Waals surface area contributed by atoms with Crippen molar-refractivity contribution in [2.45, 2.75) is 31.5 Å². The first kappa shape index (κ1) is 13.9. The Kier molecular flexibility index (Phi) is 3.71. The van der Waals surface area contributed by atoms with E-state index in [1.165, 1.54) is 30.5 Å². The fraction of sp³-hybridized carbons (Fsp3) is 0.533. The van der Waals surface area contributed by atoms with Gasteiger partial charge in [-0.2, -0.15) is 5.10 Å². The fourth-order valence-electron chi connectivity index (χ4n) is 3.53. The maximum Gasteiger partial charge on any atom is 0.115 e. The Hall–Kier alpha value is -1.10. The van der Waals surface area contributed by atoms with E-state index >= 15 is 0 Å². The monoisotopic (exact) mass is 293 g/mol. The standard InChI is InChI=1S/C15H19N3O.ClH/c1-17-8-4-7-13(17)15-14-11-5-2-3-6-12(11)16-18(14)9-10-19-15;/h2-3,5-6,13,15H,4,7-10H2,1H3;1H. The Morgan fingerprint density at radius 1 is 1.25 bits per heavy atom. The van der Waals surface area contributed by atoms with Crippen molar-refractivity contribution < 1.29 is 4.74 Å². The summed E-state index contributed by atoms with van der Waals surface area (Å²) in [6.45, 7) is 2.82. The van der Waals surface area contributed by atoms with Crippen molar-refractivity contribution in [3.8, 4) is 0 Å². The highest BCUT2D eigenvalue weighted by Crippen LogP contribution is 2.36. The highest BCUT2D eigenvalue weighted by Gasteiger charge is 2.36. The number of nitrogens with zero attached hydrogens (tertiary/aromatic N) is 3. The zero-order chi connectivity index (χ0) is 12.8. The van der Waals surface area contributed by atoms with E-state index < -0.39 is 0 Å². The molecule has 2 aliphatic heterocycles. The molecule has 1 aromatic heterocycles. The molecule has 0 aliphatic carbocycles. The third-order valence-electron chi connectivity index (χ3n) is 4.48. The minimum Gasteiger partial charge on any atom is -0.368 e. The van der Waals surface area contributed by atoms with Crippen molar-refractivity contribution in [1.82, 2.24) is 14.7 Å². The highest BCUT2D eigenvalue weighted by atomic mass is 35.5. The van der Waals surface area contributed by atoms with Crippen LogP contribution < -0.4 is 0 Å². The van der Waals surface area contributed by atoms with Gasteiger partial charge in [0.25, 0.3) is 0 Å². The Morgan fingerprint density at radius 3 is 2.90 bits per heavy atom. The maximum absolute atomic E-state index is 6.12. The summed E-state index contributed by atoms with van der Waals surface area (Å²) in [7, 11) is 2.21. The normalized spacial score (nSPS) is 26.4. The van der Waals surface area contributed by atoms with E-state index in [1.807, 2.05) is 0 Å². The molecule has 2 unspecified atom stereocenters. The number of likely N-dealkylation sites (tertiary alicyclic amines) is 1. The number of ether oxygens (including phenoxy) is 1. The van der Waals surface area contributed by atoms with Crippen LogP contribution in [0.15, 0.2) is 24.3 Å². The molecule has 5 heteroatoms. The minimum absolute atomic E-state index is 0. The van der Waals surface area contributed by atoms with Crippen LogP contribution in [0.2, 0.25) is 0 Å². The Balaban J connectivity index is 0.00000121. The van der Waals surface area contributed by atoms with Gasteiger partial charge in [-0.1, -0.05) is 18.2 Å². The summed E-state index contributed by atoms with van der Waals surface area (Å²) in [5, 5.41) is 5.98. The molecule has 0 amide bonds. The molecule has 4 nitrogen and oxygen atoms in total. The lowest BCUT2D eigenvalue weighted by Crippen LogP contribution is -2.37. The number of likely N-dealkylation sites (N-methyl/N-ethyl adjacent to an activating group) is 1. The Morgan fingerprint density at radius 2 is 2.10 bits per heavy atom. The van der Waals surface area contributed by atoms with Gasteiger partial charge in [0.15, 0.2) is 0 Å². The molecule has 108 valence electrons. The van der Waals surface area contributed by atoms with Gasteiger partial charge in [0.2, 0.25) is 0 Å². The second kappa shape index (κ2) is 5.35. The van der Waals surface area contributed by atoms with Crippen molar-refractivity contribution in [3.63, 3.8) is 0 Å². The van der Waals surface area contributed by atoms with Gasteiger partial charge in [-0.05, 0) is 32.5 Å². The lowest BCUT2D eigenvalue weighted by Gasteiger charge is -2.32. The molecule has 2 aliphatic rings. The molecule has 0 radical (unpaired) electrons. The van der Waals surface area contributed by atoms with E-state index in [1.54, 1.807) is 0 Å². The molecule has 1 aromatic carbocycles. The third kappa shape index (κ3) is 2.03. The van der Waals surface area contributed by atoms with E-state index in [-0.39, 0.29) is 18.5 Å². The first-order valence-corrected chi connectivity index (χ1v) is 7.12. The molecule has 0 N–H and O–H groups in total. The van der Waals surface area contributed by atoms with Crippen molar-refractivity contribution >= 4 is 23.3 Å². The van der Waals surface area contributed by atoms with Crippen LogP contribution in [0.3, 0.4) is 0 Å². The van der Waals surface area contributed by atoms with E-state index in [0.29, 0.717) is 6.04 Å². The van der Waals surface area contributed by atoms with Gasteiger partial charge < -0.3 is 9.64 Å². The van der Waals surface area contributed by atoms with Crippen LogP contribution in [-0.4, -0.2) is 40.9 Å². The van der Waals surface area contributed by atoms with Crippen LogP contribution in [0.4, 0.5) is 0 Å². The van der Waals surface area contributed by atoms with Crippen LogP contribution in [-0.2, 0) is 11.3 Å². The smallest absolute Gasteiger partial charge is 0.115 e. The second-order valence-electron chi connectivity index (χ2n) is 5.61. The molecule has 2 aromatic rings. The van der Waals surface area contributed by atoms with Crippen LogP contribution >= 0.6 is 12.4 Å². The maximum atomic E-state index is 6.12. The second-order valence-corrected chi connectivity index (χ2v) is 5.61. The molecule has 3 heterocycles. The first-order chi connectivity index (χ1) is 9.34. The van der Waals surface area contributed by atoms with E-state index in [0.717, 1.165) is 18.7 Å². The Labute approximate surface area is 125 Å². The number of rotatable bonds is 1. The first-order valence-electron chi connectivity index (χ1n) is 7.12. The molecule has 0 bridgehead atoms. The van der Waals surface area contributed by atoms with Crippen molar-refractivity contribution in [3.05, 3.63) is 30.0 Å². The number of hydrogen-bond donors (Lipinski definition) is 0. The number of aromatic nitrogens is 2. The summed E-state index contributed by atoms with van der Waals surface area (Å²) >= 11 is 0. The summed E-state index contributed by atoms with van der Waals surface area (Å²) in [6, 6.07) is 8.91. The predicted molar refractivity (Wildman–Crippen MR) is 81.3 cm³/mol. The molecule has 0 saturated carbocycles. The summed E-state index contributed by atoms with van der Waals surface area (Å²) in [4.78, 5) is 2.43. The fourth-order valence-corrected chi connectivity index (χ4v) is 3.53. The quantitative estimate of drug-likeness (QED) is 0.810. The largest absolute Gasteiger partial charge is 0.368 e. The molecular formula is C15H20ClN3O. The minimum atomic E-state index is 0. The Bertz CT molecular complexity index is 612. The molecule has 1 saturated heterocycles. The topological polar surface area (TPSA) is 30.3 Å². The number of halogens is 1. The number of fused-ring (bicyclic) bond motifs is 3. The summed E-state index contributed by atoms with van der Waals surface area (Å²) < 4.78 is 8.28. The van der Waals surface area contributed by atoms with Crippen molar-refractivity contribution in [2.75, 3.05) is 20.2 Å². The van der Waals surface area contributed by atoms with Gasteiger partial charge in [-0.15, -0.1) is 12.4 Å². The zero-order valence-electron chi connectivity index (χ0n) is 11.7. The van der Waals surface area contributed by atoms with Crippen molar-refractivity contribution in [2.24, 2.45) is 0 Å². The molecule has 4 rings (SSSR count). The zero-order valence-corrected chi connectivity index (χ0v) is 12.5. The summed E-state index contributed by atoms with van der Waals surface area (Å²) in [5.41, 5.74) is 2.37. The highest BCUT2D eigenvalue weighted by molar-refractivity contribution is 5.85. The molecule has 0 spiro atoms. The van der Waals surface area contributed by atoms with Gasteiger partial charge in [0.1, 0.15) is 6.10 Å². The molecule has 20 heavy (non-hydrogen) atoms. The van der Waals surface area contributed by atoms with Crippen LogP contribution in [0.1, 0.15) is 24.6 Å². The third-order valence-corrected chi connectivity index (χ3v) is 4.48. The SMILES string of the molecule is CN1CCCC1C1OCCn2nc3ccccc3c21.Cl. The molecule has 1 fully saturated rings. The summed E-state index contributed by atoms with van der Waals surface area (Å²) in [5.74, 6) is 0. The molecule has 2 atom stereocenters. The van der Waals surface area contributed by atoms with Gasteiger partial charge in [-0.25, -0.2) is 0 Å². The predicted octanol–water partition coefficient (Wildman–Crippen LogP) is 2.62. The van der Waals surface area contributed by atoms with Gasteiger partial charge >= 0.3 is 0 Å². The van der Waals surface area contributed by atoms with Crippen molar-refractivity contribution in [1.29, 1.82) is 0 Å². The van der Waals surface area contributed by atoms with Crippen LogP contribution in [0, 0.1) is 0 Å². The van der Waals surface area contributed by atoms with Crippen LogP contribution in [0.5, 0.6) is 0 Å². The summed E-state index contributed by atoms with van der Waals surface area (Å²) in [6.07, 6.45) is 2.67. The lowest BCUT2D eigenvalue weighted by atomic mass is 10.0. The van der Waals surface area contributed by atoms with Gasteiger partial charge in [-0.3, -0.25) is 4.68 Å². The van der Waals surface area contributed by atoms with E-state index in [9.17, 15) is 0 Å². The van der Waals surface area contributed by atoms with E-state index in [4.69, 9.17) is 9.84 Å². The van der Waals surface area contributed by atoms with Gasteiger partial charge in [0.05, 0.1) is 24.4 Å². The average molecular weight is 294 g/mol. The molecular weight excluding hydrogens is 274 g/mol. The van der Waals surface area contributed by atoms with Crippen LogP contribution in [0.25, 0.3) is 10.9 Å². The number of hydrogen-bond acceptors (Lipinski definition) is 3. The van der Waals surface area contributed by atoms with E-state index in [2.05, 4.69) is 40.9 Å². The van der Waals surface area contributed by atoms with Gasteiger partial charge in [0, 0.05) is 11.4 Å². The number of benzene rings is 1. The lowest BCUT2D eigenvalue weighted by molar-refractivity contribution is -0.0251. The average Bonchev–Trinajstić information content (AvgIpc) is 3.01.